The first-order valence-corrected chi connectivity index (χ1v) is 10.9. The van der Waals surface area contributed by atoms with Crippen molar-refractivity contribution < 1.29 is 22.7 Å². The van der Waals surface area contributed by atoms with Gasteiger partial charge in [-0.05, 0) is 60.9 Å². The number of halogens is 3. The van der Waals surface area contributed by atoms with Gasteiger partial charge in [0.25, 0.3) is 5.91 Å². The van der Waals surface area contributed by atoms with Crippen molar-refractivity contribution in [3.63, 3.8) is 0 Å². The highest BCUT2D eigenvalue weighted by atomic mass is 19.4. The molecule has 1 aromatic heterocycles. The fraction of sp³-hybridized carbons (Fsp3) is 0.280. The largest absolute Gasteiger partial charge is 0.573 e. The number of rotatable bonds is 5. The van der Waals surface area contributed by atoms with Crippen LogP contribution < -0.4 is 20.3 Å². The van der Waals surface area contributed by atoms with Gasteiger partial charge in [0.15, 0.2) is 0 Å². The van der Waals surface area contributed by atoms with Crippen LogP contribution in [0.15, 0.2) is 60.8 Å². The Kier molecular flexibility index (Phi) is 6.74. The lowest BCUT2D eigenvalue weighted by Gasteiger charge is -2.32. The fourth-order valence-corrected chi connectivity index (χ4v) is 3.96. The quantitative estimate of drug-likeness (QED) is 0.549. The number of piperazine rings is 1. The van der Waals surface area contributed by atoms with Gasteiger partial charge in [0.05, 0.1) is 5.56 Å². The first kappa shape index (κ1) is 23.6. The number of pyridine rings is 1. The zero-order valence-electron chi connectivity index (χ0n) is 18.8. The summed E-state index contributed by atoms with van der Waals surface area (Å²) < 4.78 is 41.1. The Labute approximate surface area is 195 Å². The second-order valence-electron chi connectivity index (χ2n) is 8.21. The molecule has 3 aromatic rings. The van der Waals surface area contributed by atoms with Gasteiger partial charge in [0.2, 0.25) is 0 Å². The Balaban J connectivity index is 1.47. The number of carbonyl (C=O) groups excluding carboxylic acids is 1. The Morgan fingerprint density at radius 3 is 2.56 bits per heavy atom. The van der Waals surface area contributed by atoms with Crippen LogP contribution in [0.25, 0.3) is 11.1 Å². The summed E-state index contributed by atoms with van der Waals surface area (Å²) in [5.74, 6) is 0.257. The molecule has 1 amide bonds. The molecule has 0 saturated carbocycles. The molecule has 178 valence electrons. The number of anilines is 2. The molecule has 0 spiro atoms. The van der Waals surface area contributed by atoms with Crippen molar-refractivity contribution in [3.05, 3.63) is 71.9 Å². The van der Waals surface area contributed by atoms with E-state index in [0.29, 0.717) is 22.9 Å². The third-order valence-electron chi connectivity index (χ3n) is 5.68. The highest BCUT2D eigenvalue weighted by Crippen LogP contribution is 2.31. The first-order chi connectivity index (χ1) is 16.2. The van der Waals surface area contributed by atoms with E-state index in [2.05, 4.69) is 32.2 Å². The van der Waals surface area contributed by atoms with Gasteiger partial charge in [0.1, 0.15) is 11.6 Å². The van der Waals surface area contributed by atoms with Crippen LogP contribution in [0.3, 0.4) is 0 Å². The van der Waals surface area contributed by atoms with E-state index in [-0.39, 0.29) is 11.7 Å². The molecule has 9 heteroatoms. The molecule has 34 heavy (non-hydrogen) atoms. The number of amides is 1. The fourth-order valence-electron chi connectivity index (χ4n) is 3.96. The SMILES string of the molecule is Cc1c(NC(=O)c2ccc(N3CCN[C@@H](C)C3)nc2)cccc1-c1ccc(OC(F)(F)F)cc1. The Hall–Kier alpha value is -3.59. The van der Waals surface area contributed by atoms with Crippen LogP contribution in [0.4, 0.5) is 24.7 Å². The lowest BCUT2D eigenvalue weighted by atomic mass is 9.99. The van der Waals surface area contributed by atoms with E-state index in [1.807, 2.05) is 19.1 Å². The summed E-state index contributed by atoms with van der Waals surface area (Å²) >= 11 is 0. The zero-order valence-corrected chi connectivity index (χ0v) is 18.8. The van der Waals surface area contributed by atoms with E-state index in [0.717, 1.165) is 36.6 Å². The Morgan fingerprint density at radius 2 is 1.91 bits per heavy atom. The molecule has 0 bridgehead atoms. The molecular formula is C25H25F3N4O2. The lowest BCUT2D eigenvalue weighted by Crippen LogP contribution is -2.49. The van der Waals surface area contributed by atoms with Gasteiger partial charge in [-0.15, -0.1) is 13.2 Å². The maximum absolute atomic E-state index is 12.8. The van der Waals surface area contributed by atoms with Crippen molar-refractivity contribution in [2.75, 3.05) is 29.9 Å². The number of nitrogens with zero attached hydrogens (tertiary/aromatic N) is 2. The van der Waals surface area contributed by atoms with Crippen LogP contribution >= 0.6 is 0 Å². The van der Waals surface area contributed by atoms with Gasteiger partial charge in [-0.3, -0.25) is 4.79 Å². The summed E-state index contributed by atoms with van der Waals surface area (Å²) in [6.45, 7) is 6.57. The lowest BCUT2D eigenvalue weighted by molar-refractivity contribution is -0.274. The predicted molar refractivity (Wildman–Crippen MR) is 125 cm³/mol. The monoisotopic (exact) mass is 470 g/mol. The van der Waals surface area contributed by atoms with Gasteiger partial charge < -0.3 is 20.3 Å². The first-order valence-electron chi connectivity index (χ1n) is 10.9. The van der Waals surface area contributed by atoms with E-state index in [1.165, 1.54) is 12.1 Å². The van der Waals surface area contributed by atoms with E-state index < -0.39 is 6.36 Å². The maximum Gasteiger partial charge on any atom is 0.573 e. The van der Waals surface area contributed by atoms with Crippen LogP contribution in [0.2, 0.25) is 0 Å². The van der Waals surface area contributed by atoms with E-state index in [9.17, 15) is 18.0 Å². The Bertz CT molecular complexity index is 1150. The molecule has 2 N–H and O–H groups in total. The van der Waals surface area contributed by atoms with Crippen molar-refractivity contribution in [3.8, 4) is 16.9 Å². The molecule has 2 aromatic carbocycles. The average Bonchev–Trinajstić information content (AvgIpc) is 2.80. The van der Waals surface area contributed by atoms with Gasteiger partial charge >= 0.3 is 6.36 Å². The van der Waals surface area contributed by atoms with Crippen LogP contribution in [-0.4, -0.2) is 42.9 Å². The zero-order chi connectivity index (χ0) is 24.3. The van der Waals surface area contributed by atoms with Gasteiger partial charge in [0, 0.05) is 37.6 Å². The molecule has 1 aliphatic heterocycles. The minimum atomic E-state index is -4.74. The summed E-state index contributed by atoms with van der Waals surface area (Å²) in [4.78, 5) is 19.5. The minimum absolute atomic E-state index is 0.287. The van der Waals surface area contributed by atoms with Gasteiger partial charge in [-0.25, -0.2) is 4.98 Å². The highest BCUT2D eigenvalue weighted by molar-refractivity contribution is 6.05. The van der Waals surface area contributed by atoms with E-state index in [1.54, 1.807) is 36.5 Å². The number of aromatic nitrogens is 1. The number of ether oxygens (including phenoxy) is 1. The average molecular weight is 470 g/mol. The van der Waals surface area contributed by atoms with Crippen LogP contribution in [0.5, 0.6) is 5.75 Å². The third kappa shape index (κ3) is 5.66. The molecule has 1 saturated heterocycles. The number of hydrogen-bond donors (Lipinski definition) is 2. The second kappa shape index (κ2) is 9.72. The summed E-state index contributed by atoms with van der Waals surface area (Å²) in [5.41, 5.74) is 3.33. The normalized spacial score (nSPS) is 16.3. The molecule has 1 fully saturated rings. The van der Waals surface area contributed by atoms with Crippen LogP contribution in [0, 0.1) is 6.92 Å². The van der Waals surface area contributed by atoms with Crippen molar-refractivity contribution >= 4 is 17.4 Å². The molecule has 4 rings (SSSR count). The summed E-state index contributed by atoms with van der Waals surface area (Å²) in [6.07, 6.45) is -3.17. The van der Waals surface area contributed by atoms with Gasteiger partial charge in [-0.2, -0.15) is 0 Å². The number of hydrogen-bond acceptors (Lipinski definition) is 5. The van der Waals surface area contributed by atoms with Crippen LogP contribution in [0.1, 0.15) is 22.8 Å². The molecule has 1 aliphatic rings. The van der Waals surface area contributed by atoms with Crippen molar-refractivity contribution in [2.24, 2.45) is 0 Å². The van der Waals surface area contributed by atoms with Crippen molar-refractivity contribution in [1.29, 1.82) is 0 Å². The van der Waals surface area contributed by atoms with E-state index >= 15 is 0 Å². The number of alkyl halides is 3. The topological polar surface area (TPSA) is 66.5 Å². The number of nitrogens with one attached hydrogen (secondary N) is 2. The number of benzene rings is 2. The highest BCUT2D eigenvalue weighted by Gasteiger charge is 2.31. The standard InChI is InChI=1S/C25H25F3N4O2/c1-16-15-32(13-12-29-16)23-11-8-19(14-30-23)24(33)31-22-5-3-4-21(17(22)2)18-6-9-20(10-7-18)34-25(26,27)28/h3-11,14,16,29H,12-13,15H2,1-2H3,(H,31,33)/t16-/m0/s1. The molecule has 0 unspecified atom stereocenters. The molecule has 0 radical (unpaired) electrons. The maximum atomic E-state index is 12.8. The third-order valence-corrected chi connectivity index (χ3v) is 5.68. The predicted octanol–water partition coefficient (Wildman–Crippen LogP) is 5.01. The number of carbonyl (C=O) groups is 1. The summed E-state index contributed by atoms with van der Waals surface area (Å²) in [6, 6.07) is 15.0. The molecule has 6 nitrogen and oxygen atoms in total. The smallest absolute Gasteiger partial charge is 0.406 e. The van der Waals surface area contributed by atoms with E-state index in [4.69, 9.17) is 0 Å². The van der Waals surface area contributed by atoms with Crippen molar-refractivity contribution in [1.82, 2.24) is 10.3 Å². The molecule has 1 atom stereocenters. The minimum Gasteiger partial charge on any atom is -0.406 e. The molecular weight excluding hydrogens is 445 g/mol. The summed E-state index contributed by atoms with van der Waals surface area (Å²) in [5, 5.41) is 6.30. The summed E-state index contributed by atoms with van der Waals surface area (Å²) in [7, 11) is 0. The van der Waals surface area contributed by atoms with Gasteiger partial charge in [-0.1, -0.05) is 24.3 Å². The molecule has 2 heterocycles. The molecule has 0 aliphatic carbocycles. The second-order valence-corrected chi connectivity index (χ2v) is 8.21. The van der Waals surface area contributed by atoms with Crippen molar-refractivity contribution in [2.45, 2.75) is 26.3 Å². The Morgan fingerprint density at radius 1 is 1.15 bits per heavy atom. The van der Waals surface area contributed by atoms with Crippen LogP contribution in [-0.2, 0) is 0 Å².